The van der Waals surface area contributed by atoms with Gasteiger partial charge in [0.15, 0.2) is 5.65 Å². The van der Waals surface area contributed by atoms with E-state index in [1.807, 2.05) is 20.0 Å². The first-order valence-electron chi connectivity index (χ1n) is 10.3. The molecule has 1 atom stereocenters. The molecular formula is C21H30N6O. The van der Waals surface area contributed by atoms with Crippen LogP contribution in [0.3, 0.4) is 0 Å². The van der Waals surface area contributed by atoms with Crippen LogP contribution in [0.15, 0.2) is 12.3 Å². The number of rotatable bonds is 2. The molecule has 0 radical (unpaired) electrons. The fourth-order valence-electron chi connectivity index (χ4n) is 4.22. The van der Waals surface area contributed by atoms with Gasteiger partial charge in [0.1, 0.15) is 5.52 Å². The molecule has 0 aliphatic carbocycles. The van der Waals surface area contributed by atoms with Gasteiger partial charge in [0.2, 0.25) is 5.91 Å². The number of nitrogens with zero attached hydrogens (tertiary/aromatic N) is 6. The smallest absolute Gasteiger partial charge is 0.227 e. The van der Waals surface area contributed by atoms with Crippen LogP contribution in [0.5, 0.6) is 0 Å². The number of hydrogen-bond donors (Lipinski definition) is 0. The Morgan fingerprint density at radius 2 is 1.86 bits per heavy atom. The molecule has 4 heterocycles. The van der Waals surface area contributed by atoms with Crippen LogP contribution in [-0.2, 0) is 4.79 Å². The summed E-state index contributed by atoms with van der Waals surface area (Å²) in [6.07, 6.45) is 4.94. The van der Waals surface area contributed by atoms with Crippen molar-refractivity contribution in [3.05, 3.63) is 23.7 Å². The van der Waals surface area contributed by atoms with Crippen LogP contribution in [0, 0.1) is 19.8 Å². The quantitative estimate of drug-likeness (QED) is 0.792. The molecule has 7 heteroatoms. The Morgan fingerprint density at radius 3 is 2.71 bits per heavy atom. The monoisotopic (exact) mass is 382 g/mol. The third-order valence-corrected chi connectivity index (χ3v) is 6.09. The maximum Gasteiger partial charge on any atom is 0.227 e. The lowest BCUT2D eigenvalue weighted by Gasteiger charge is -2.36. The molecule has 28 heavy (non-hydrogen) atoms. The summed E-state index contributed by atoms with van der Waals surface area (Å²) in [5.41, 5.74) is 4.40. The Morgan fingerprint density at radius 1 is 1.04 bits per heavy atom. The summed E-state index contributed by atoms with van der Waals surface area (Å²) in [4.78, 5) is 33.5. The lowest BCUT2D eigenvalue weighted by molar-refractivity contribution is -0.135. The topological polar surface area (TPSA) is 65.5 Å². The van der Waals surface area contributed by atoms with Crippen LogP contribution >= 0.6 is 0 Å². The Kier molecular flexibility index (Phi) is 5.44. The lowest BCUT2D eigenvalue weighted by atomic mass is 9.96. The zero-order chi connectivity index (χ0) is 19.7. The number of hydrogen-bond acceptors (Lipinski definition) is 6. The number of piperidine rings is 1. The minimum Gasteiger partial charge on any atom is -0.369 e. The molecular weight excluding hydrogens is 352 g/mol. The average Bonchev–Trinajstić information content (AvgIpc) is 2.92. The van der Waals surface area contributed by atoms with E-state index in [0.29, 0.717) is 11.6 Å². The molecule has 2 aliphatic heterocycles. The first-order valence-corrected chi connectivity index (χ1v) is 10.3. The number of amides is 1. The summed E-state index contributed by atoms with van der Waals surface area (Å²) in [5, 5.41) is 0. The van der Waals surface area contributed by atoms with Crippen molar-refractivity contribution in [3.63, 3.8) is 0 Å². The first kappa shape index (κ1) is 19.1. The number of pyridine rings is 1. The van der Waals surface area contributed by atoms with Crippen molar-refractivity contribution in [1.29, 1.82) is 0 Å². The van der Waals surface area contributed by atoms with Crippen molar-refractivity contribution < 1.29 is 4.79 Å². The number of aromatic nitrogens is 3. The van der Waals surface area contributed by atoms with E-state index in [9.17, 15) is 4.79 Å². The zero-order valence-electron chi connectivity index (χ0n) is 17.2. The summed E-state index contributed by atoms with van der Waals surface area (Å²) in [6, 6.07) is 2.07. The highest BCUT2D eigenvalue weighted by Gasteiger charge is 2.30. The standard InChI is InChI=1S/C21H30N6O/c1-15-16(2)24-20-19(23-15)12-18(13-22-20)27-8-4-6-17(14-27)21(28)26-9-5-7-25(3)10-11-26/h12-13,17H,4-11,14H2,1-3H3/t17-/m1/s1. The van der Waals surface area contributed by atoms with Gasteiger partial charge in [0, 0.05) is 32.7 Å². The largest absolute Gasteiger partial charge is 0.369 e. The highest BCUT2D eigenvalue weighted by atomic mass is 16.2. The van der Waals surface area contributed by atoms with Gasteiger partial charge in [-0.05, 0) is 52.8 Å². The number of carbonyl (C=O) groups is 1. The van der Waals surface area contributed by atoms with Gasteiger partial charge in [0.25, 0.3) is 0 Å². The Labute approximate surface area is 166 Å². The Bertz CT molecular complexity index is 869. The van der Waals surface area contributed by atoms with E-state index >= 15 is 0 Å². The van der Waals surface area contributed by atoms with Crippen LogP contribution in [0.1, 0.15) is 30.7 Å². The van der Waals surface area contributed by atoms with E-state index in [1.165, 1.54) is 0 Å². The molecule has 150 valence electrons. The Balaban J connectivity index is 1.49. The number of aryl methyl sites for hydroxylation is 2. The van der Waals surface area contributed by atoms with Crippen molar-refractivity contribution in [2.75, 3.05) is 51.2 Å². The zero-order valence-corrected chi connectivity index (χ0v) is 17.2. The number of fused-ring (bicyclic) bond motifs is 1. The number of likely N-dealkylation sites (N-methyl/N-ethyl adjacent to an activating group) is 1. The van der Waals surface area contributed by atoms with Gasteiger partial charge in [-0.15, -0.1) is 0 Å². The van der Waals surface area contributed by atoms with Crippen LogP contribution in [0.4, 0.5) is 5.69 Å². The predicted octanol–water partition coefficient (Wildman–Crippen LogP) is 2.02. The normalized spacial score (nSPS) is 21.8. The second-order valence-corrected chi connectivity index (χ2v) is 8.20. The molecule has 7 nitrogen and oxygen atoms in total. The SMILES string of the molecule is Cc1nc2cc(N3CCC[C@@H](C(=O)N4CCCN(C)CC4)C3)cnc2nc1C. The van der Waals surface area contributed by atoms with Gasteiger partial charge in [-0.25, -0.2) is 15.0 Å². The fourth-order valence-corrected chi connectivity index (χ4v) is 4.22. The van der Waals surface area contributed by atoms with E-state index < -0.39 is 0 Å². The van der Waals surface area contributed by atoms with Crippen LogP contribution in [0.25, 0.3) is 11.2 Å². The van der Waals surface area contributed by atoms with Gasteiger partial charge in [-0.1, -0.05) is 0 Å². The maximum absolute atomic E-state index is 13.1. The predicted molar refractivity (Wildman–Crippen MR) is 110 cm³/mol. The van der Waals surface area contributed by atoms with Crippen LogP contribution in [-0.4, -0.2) is 77.0 Å². The van der Waals surface area contributed by atoms with E-state index in [0.717, 1.165) is 81.1 Å². The molecule has 4 rings (SSSR count). The maximum atomic E-state index is 13.1. The third-order valence-electron chi connectivity index (χ3n) is 6.09. The highest BCUT2D eigenvalue weighted by Crippen LogP contribution is 2.26. The molecule has 1 amide bonds. The van der Waals surface area contributed by atoms with E-state index in [2.05, 4.69) is 42.8 Å². The molecule has 0 saturated carbocycles. The third kappa shape index (κ3) is 3.94. The first-order chi connectivity index (χ1) is 13.5. The van der Waals surface area contributed by atoms with Crippen LogP contribution in [0.2, 0.25) is 0 Å². The molecule has 2 fully saturated rings. The molecule has 0 bridgehead atoms. The van der Waals surface area contributed by atoms with Crippen molar-refractivity contribution in [2.24, 2.45) is 5.92 Å². The molecule has 0 unspecified atom stereocenters. The number of carbonyl (C=O) groups excluding carboxylic acids is 1. The van der Waals surface area contributed by atoms with Crippen molar-refractivity contribution >= 4 is 22.8 Å². The van der Waals surface area contributed by atoms with E-state index in [1.54, 1.807) is 0 Å². The van der Waals surface area contributed by atoms with Crippen LogP contribution < -0.4 is 4.90 Å². The Hall–Kier alpha value is -2.28. The van der Waals surface area contributed by atoms with E-state index in [-0.39, 0.29) is 5.92 Å². The molecule has 0 aromatic carbocycles. The molecule has 2 aliphatic rings. The van der Waals surface area contributed by atoms with Gasteiger partial charge >= 0.3 is 0 Å². The summed E-state index contributed by atoms with van der Waals surface area (Å²) in [5.74, 6) is 0.388. The molecule has 0 spiro atoms. The van der Waals surface area contributed by atoms with Gasteiger partial charge < -0.3 is 14.7 Å². The fraction of sp³-hybridized carbons (Fsp3) is 0.619. The van der Waals surface area contributed by atoms with Crippen molar-refractivity contribution in [2.45, 2.75) is 33.1 Å². The van der Waals surface area contributed by atoms with Gasteiger partial charge in [0.05, 0.1) is 29.2 Å². The van der Waals surface area contributed by atoms with Gasteiger partial charge in [-0.2, -0.15) is 0 Å². The molecule has 2 aromatic heterocycles. The average molecular weight is 383 g/mol. The number of anilines is 1. The van der Waals surface area contributed by atoms with Crippen molar-refractivity contribution in [3.8, 4) is 0 Å². The summed E-state index contributed by atoms with van der Waals surface area (Å²) >= 11 is 0. The highest BCUT2D eigenvalue weighted by molar-refractivity contribution is 5.80. The summed E-state index contributed by atoms with van der Waals surface area (Å²) in [6.45, 7) is 9.41. The molecule has 0 N–H and O–H groups in total. The second-order valence-electron chi connectivity index (χ2n) is 8.20. The summed E-state index contributed by atoms with van der Waals surface area (Å²) in [7, 11) is 2.13. The molecule has 2 saturated heterocycles. The lowest BCUT2D eigenvalue weighted by Crippen LogP contribution is -2.46. The van der Waals surface area contributed by atoms with Crippen molar-refractivity contribution in [1.82, 2.24) is 24.8 Å². The second kappa shape index (κ2) is 7.99. The van der Waals surface area contributed by atoms with Gasteiger partial charge in [-0.3, -0.25) is 4.79 Å². The van der Waals surface area contributed by atoms with E-state index in [4.69, 9.17) is 0 Å². The summed E-state index contributed by atoms with van der Waals surface area (Å²) < 4.78 is 0. The minimum atomic E-state index is 0.0682. The molecule has 2 aromatic rings. The minimum absolute atomic E-state index is 0.0682.